The van der Waals surface area contributed by atoms with Crippen LogP contribution in [-0.2, 0) is 0 Å². The van der Waals surface area contributed by atoms with E-state index in [1.54, 1.807) is 0 Å². The lowest BCUT2D eigenvalue weighted by Crippen LogP contribution is -1.95. The second kappa shape index (κ2) is 5.40. The Morgan fingerprint density at radius 3 is 2.47 bits per heavy atom. The second-order valence-electron chi connectivity index (χ2n) is 3.78. The molecule has 2 nitrogen and oxygen atoms in total. The first-order valence-electron chi connectivity index (χ1n) is 5.28. The summed E-state index contributed by atoms with van der Waals surface area (Å²) >= 11 is 5.52. The average Bonchev–Trinajstić information content (AvgIpc) is 2.36. The molecule has 0 bridgehead atoms. The van der Waals surface area contributed by atoms with E-state index in [1.165, 1.54) is 24.3 Å². The fourth-order valence-electron chi connectivity index (χ4n) is 1.50. The van der Waals surface area contributed by atoms with Crippen molar-refractivity contribution in [3.8, 4) is 11.5 Å². The lowest BCUT2D eigenvalue weighted by atomic mass is 10.2. The highest BCUT2D eigenvalue weighted by molar-refractivity contribution is 6.30. The molecule has 0 atom stereocenters. The smallest absolute Gasteiger partial charge is 0.267 e. The minimum absolute atomic E-state index is 0.0706. The number of ether oxygens (including phenoxy) is 1. The van der Waals surface area contributed by atoms with Gasteiger partial charge in [-0.2, -0.15) is 0 Å². The van der Waals surface area contributed by atoms with Gasteiger partial charge in [-0.15, -0.1) is 0 Å². The summed E-state index contributed by atoms with van der Waals surface area (Å²) in [5, 5.41) is -0.0706. The third-order valence-electron chi connectivity index (χ3n) is 2.39. The van der Waals surface area contributed by atoms with Gasteiger partial charge in [0.2, 0.25) is 0 Å². The van der Waals surface area contributed by atoms with Crippen molar-refractivity contribution in [1.29, 1.82) is 0 Å². The van der Waals surface area contributed by atoms with Gasteiger partial charge in [0, 0.05) is 11.8 Å². The van der Waals surface area contributed by atoms with Crippen molar-refractivity contribution < 1.29 is 17.9 Å². The van der Waals surface area contributed by atoms with Gasteiger partial charge in [0.05, 0.1) is 10.6 Å². The average molecular weight is 288 g/mol. The Bertz CT molecular complexity index is 604. The predicted octanol–water partition coefficient (Wildman–Crippen LogP) is 4.79. The summed E-state index contributed by atoms with van der Waals surface area (Å²) in [5.74, 6) is -0.687. The Morgan fingerprint density at radius 1 is 1.11 bits per heavy atom. The maximum atomic E-state index is 13.2. The van der Waals surface area contributed by atoms with Crippen LogP contribution >= 0.6 is 11.6 Å². The van der Waals surface area contributed by atoms with Crippen LogP contribution in [0.4, 0.5) is 18.9 Å². The van der Waals surface area contributed by atoms with Gasteiger partial charge in [-0.3, -0.25) is 0 Å². The second-order valence-corrected chi connectivity index (χ2v) is 4.18. The number of nitrogen functional groups attached to an aromatic ring is 1. The molecule has 0 amide bonds. The highest BCUT2D eigenvalue weighted by Gasteiger charge is 2.15. The van der Waals surface area contributed by atoms with Crippen LogP contribution in [0.1, 0.15) is 12.0 Å². The first-order valence-corrected chi connectivity index (χ1v) is 5.65. The lowest BCUT2D eigenvalue weighted by molar-refractivity contribution is 0.148. The zero-order chi connectivity index (χ0) is 14.0. The van der Waals surface area contributed by atoms with Crippen molar-refractivity contribution in [3.63, 3.8) is 0 Å². The fraction of sp³-hybridized carbons (Fsp3) is 0.0769. The van der Waals surface area contributed by atoms with E-state index >= 15 is 0 Å². The number of benzene rings is 2. The molecule has 2 aromatic rings. The minimum Gasteiger partial charge on any atom is -0.457 e. The summed E-state index contributed by atoms with van der Waals surface area (Å²) in [7, 11) is 0. The number of halogens is 4. The highest BCUT2D eigenvalue weighted by Crippen LogP contribution is 2.34. The first-order chi connectivity index (χ1) is 8.97. The van der Waals surface area contributed by atoms with E-state index in [2.05, 4.69) is 0 Å². The third-order valence-corrected chi connectivity index (χ3v) is 2.69. The zero-order valence-electron chi connectivity index (χ0n) is 9.54. The number of hydrogen-bond donors (Lipinski definition) is 1. The summed E-state index contributed by atoms with van der Waals surface area (Å²) in [6.07, 6.45) is -2.74. The van der Waals surface area contributed by atoms with E-state index in [4.69, 9.17) is 22.1 Å². The molecule has 19 heavy (non-hydrogen) atoms. The number of hydrogen-bond acceptors (Lipinski definition) is 2. The van der Waals surface area contributed by atoms with Gasteiger partial charge in [0.15, 0.2) is 0 Å². The Hall–Kier alpha value is -1.88. The van der Waals surface area contributed by atoms with E-state index in [-0.39, 0.29) is 27.8 Å². The molecular formula is C13H9ClF3NO. The Balaban J connectivity index is 2.35. The van der Waals surface area contributed by atoms with Crippen LogP contribution in [0.15, 0.2) is 36.4 Å². The van der Waals surface area contributed by atoms with E-state index in [0.29, 0.717) is 0 Å². The summed E-state index contributed by atoms with van der Waals surface area (Å²) in [6, 6.07) is 7.54. The van der Waals surface area contributed by atoms with Crippen molar-refractivity contribution in [2.75, 3.05) is 5.73 Å². The van der Waals surface area contributed by atoms with Crippen molar-refractivity contribution in [2.24, 2.45) is 0 Å². The SMILES string of the molecule is Nc1ccc(Oc2ccc(Cl)c(F)c2)c(C(F)F)c1. The summed E-state index contributed by atoms with van der Waals surface area (Å²) < 4.78 is 44.1. The van der Waals surface area contributed by atoms with Crippen molar-refractivity contribution >= 4 is 17.3 Å². The summed E-state index contributed by atoms with van der Waals surface area (Å²) in [4.78, 5) is 0. The summed E-state index contributed by atoms with van der Waals surface area (Å²) in [6.45, 7) is 0. The molecule has 0 saturated heterocycles. The highest BCUT2D eigenvalue weighted by atomic mass is 35.5. The molecule has 0 spiro atoms. The van der Waals surface area contributed by atoms with Crippen LogP contribution in [0.25, 0.3) is 0 Å². The molecule has 0 aromatic heterocycles. The molecule has 100 valence electrons. The molecule has 0 heterocycles. The van der Waals surface area contributed by atoms with Crippen LogP contribution in [0.5, 0.6) is 11.5 Å². The van der Waals surface area contributed by atoms with Crippen LogP contribution in [0.3, 0.4) is 0 Å². The van der Waals surface area contributed by atoms with Gasteiger partial charge in [-0.1, -0.05) is 11.6 Å². The molecule has 2 aromatic carbocycles. The van der Waals surface area contributed by atoms with Crippen LogP contribution in [0.2, 0.25) is 5.02 Å². The molecule has 0 aliphatic heterocycles. The van der Waals surface area contributed by atoms with Gasteiger partial charge >= 0.3 is 0 Å². The molecule has 0 fully saturated rings. The molecule has 0 aliphatic rings. The topological polar surface area (TPSA) is 35.2 Å². The molecule has 0 aliphatic carbocycles. The van der Waals surface area contributed by atoms with Gasteiger partial charge in [0.25, 0.3) is 6.43 Å². The predicted molar refractivity (Wildman–Crippen MR) is 67.3 cm³/mol. The fourth-order valence-corrected chi connectivity index (χ4v) is 1.62. The standard InChI is InChI=1S/C13H9ClF3NO/c14-10-3-2-8(6-11(10)15)19-12-4-1-7(18)5-9(12)13(16)17/h1-6,13H,18H2. The summed E-state index contributed by atoms with van der Waals surface area (Å²) in [5.41, 5.74) is 5.28. The Morgan fingerprint density at radius 2 is 1.84 bits per heavy atom. The zero-order valence-corrected chi connectivity index (χ0v) is 10.3. The normalized spacial score (nSPS) is 10.8. The Kier molecular flexibility index (Phi) is 3.85. The molecule has 0 radical (unpaired) electrons. The van der Waals surface area contributed by atoms with Gasteiger partial charge in [0.1, 0.15) is 17.3 Å². The number of nitrogens with two attached hydrogens (primary N) is 1. The van der Waals surface area contributed by atoms with Gasteiger partial charge in [-0.25, -0.2) is 13.2 Å². The monoisotopic (exact) mass is 287 g/mol. The molecule has 2 rings (SSSR count). The van der Waals surface area contributed by atoms with E-state index in [9.17, 15) is 13.2 Å². The van der Waals surface area contributed by atoms with E-state index in [1.807, 2.05) is 0 Å². The minimum atomic E-state index is -2.74. The van der Waals surface area contributed by atoms with E-state index in [0.717, 1.165) is 12.1 Å². The maximum Gasteiger partial charge on any atom is 0.267 e. The maximum absolute atomic E-state index is 13.2. The molecule has 6 heteroatoms. The van der Waals surface area contributed by atoms with Crippen LogP contribution in [-0.4, -0.2) is 0 Å². The van der Waals surface area contributed by atoms with Crippen molar-refractivity contribution in [2.45, 2.75) is 6.43 Å². The van der Waals surface area contributed by atoms with Crippen molar-refractivity contribution in [3.05, 3.63) is 52.8 Å². The van der Waals surface area contributed by atoms with E-state index < -0.39 is 12.2 Å². The molecule has 0 saturated carbocycles. The molecular weight excluding hydrogens is 279 g/mol. The number of anilines is 1. The largest absolute Gasteiger partial charge is 0.457 e. The molecule has 2 N–H and O–H groups in total. The number of rotatable bonds is 3. The Labute approximate surface area is 112 Å². The first kappa shape index (κ1) is 13.5. The lowest BCUT2D eigenvalue weighted by Gasteiger charge is -2.11. The van der Waals surface area contributed by atoms with Gasteiger partial charge in [-0.05, 0) is 30.3 Å². The van der Waals surface area contributed by atoms with Crippen LogP contribution < -0.4 is 10.5 Å². The third kappa shape index (κ3) is 3.12. The van der Waals surface area contributed by atoms with Gasteiger partial charge < -0.3 is 10.5 Å². The quantitative estimate of drug-likeness (QED) is 0.824. The number of alkyl halides is 2. The molecule has 0 unspecified atom stereocenters. The van der Waals surface area contributed by atoms with Crippen molar-refractivity contribution in [1.82, 2.24) is 0 Å². The van der Waals surface area contributed by atoms with Crippen LogP contribution in [0, 0.1) is 5.82 Å².